The van der Waals surface area contributed by atoms with Crippen LogP contribution in [0.5, 0.6) is 0 Å². The van der Waals surface area contributed by atoms with Gasteiger partial charge < -0.3 is 9.30 Å². The number of ether oxygens (including phenoxy) is 1. The monoisotopic (exact) mass is 390 g/mol. The maximum Gasteiger partial charge on any atom is 0.344 e. The lowest BCUT2D eigenvalue weighted by Crippen LogP contribution is -2.21. The van der Waals surface area contributed by atoms with Crippen molar-refractivity contribution in [1.29, 1.82) is 0 Å². The summed E-state index contributed by atoms with van der Waals surface area (Å²) in [6, 6.07) is 18.2. The minimum atomic E-state index is -3.31. The molecule has 5 heteroatoms. The molecule has 0 atom stereocenters. The highest BCUT2D eigenvalue weighted by atomic mass is 79.9. The molecule has 2 aromatic carbocycles. The van der Waals surface area contributed by atoms with E-state index in [2.05, 4.69) is 15.9 Å². The minimum absolute atomic E-state index is 0.222. The molecule has 0 saturated carbocycles. The molecule has 1 aliphatic rings. The molecule has 0 aromatic heterocycles. The molecule has 2 aromatic rings. The molecule has 0 unspecified atom stereocenters. The van der Waals surface area contributed by atoms with Crippen molar-refractivity contribution in [3.05, 3.63) is 70.5 Å². The number of hydrogen-bond acceptors (Lipinski definition) is 3. The van der Waals surface area contributed by atoms with Crippen LogP contribution in [0, 0.1) is 0 Å². The molecule has 0 saturated heterocycles. The van der Waals surface area contributed by atoms with Gasteiger partial charge in [-0.2, -0.15) is 0 Å². The second-order valence-corrected chi connectivity index (χ2v) is 9.33. The van der Waals surface area contributed by atoms with E-state index in [0.717, 1.165) is 0 Å². The Morgan fingerprint density at radius 3 is 1.70 bits per heavy atom. The fourth-order valence-electron chi connectivity index (χ4n) is 2.65. The van der Waals surface area contributed by atoms with Gasteiger partial charge in [-0.25, -0.2) is 4.79 Å². The third-order valence-electron chi connectivity index (χ3n) is 3.83. The molecule has 0 radical (unpaired) electrons. The van der Waals surface area contributed by atoms with Crippen LogP contribution < -0.4 is 10.6 Å². The Hall–Kier alpha value is -1.64. The Morgan fingerprint density at radius 2 is 1.35 bits per heavy atom. The van der Waals surface area contributed by atoms with Gasteiger partial charge in [0.1, 0.15) is 10.9 Å². The molecule has 0 fully saturated rings. The first kappa shape index (κ1) is 16.2. The van der Waals surface area contributed by atoms with Crippen LogP contribution in [0.3, 0.4) is 0 Å². The molecule has 0 spiro atoms. The van der Waals surface area contributed by atoms with Crippen LogP contribution in [-0.4, -0.2) is 11.6 Å². The summed E-state index contributed by atoms with van der Waals surface area (Å²) in [7, 11) is -3.31. The molecule has 3 nitrogen and oxygen atoms in total. The van der Waals surface area contributed by atoms with Crippen molar-refractivity contribution >= 4 is 39.7 Å². The second kappa shape index (κ2) is 5.77. The molecule has 118 valence electrons. The normalized spacial score (nSPS) is 17.3. The molecule has 0 aliphatic carbocycles. The van der Waals surface area contributed by atoms with Crippen molar-refractivity contribution in [3.8, 4) is 0 Å². The predicted octanol–water partition coefficient (Wildman–Crippen LogP) is 3.94. The van der Waals surface area contributed by atoms with Crippen LogP contribution in [0.4, 0.5) is 0 Å². The molecule has 0 bridgehead atoms. The van der Waals surface area contributed by atoms with E-state index < -0.39 is 18.7 Å². The highest BCUT2D eigenvalue weighted by molar-refractivity contribution is 9.11. The molecule has 0 amide bonds. The fraction of sp³-hybridized carbons (Fsp3) is 0.167. The van der Waals surface area contributed by atoms with Crippen LogP contribution in [0.15, 0.2) is 70.5 Å². The van der Waals surface area contributed by atoms with Gasteiger partial charge in [0, 0.05) is 10.6 Å². The molecule has 1 aliphatic heterocycles. The van der Waals surface area contributed by atoms with E-state index in [0.29, 0.717) is 15.1 Å². The van der Waals surface area contributed by atoms with Gasteiger partial charge in [0.05, 0.1) is 4.48 Å². The van der Waals surface area contributed by atoms with Gasteiger partial charge >= 0.3 is 5.97 Å². The van der Waals surface area contributed by atoms with Crippen molar-refractivity contribution in [1.82, 2.24) is 0 Å². The van der Waals surface area contributed by atoms with E-state index in [1.165, 1.54) is 0 Å². The average molecular weight is 391 g/mol. The zero-order chi connectivity index (χ0) is 16.7. The first-order valence-corrected chi connectivity index (χ1v) is 9.73. The maximum absolute atomic E-state index is 14.1. The predicted molar refractivity (Wildman–Crippen MR) is 95.9 cm³/mol. The van der Waals surface area contributed by atoms with E-state index in [-0.39, 0.29) is 5.31 Å². The zero-order valence-electron chi connectivity index (χ0n) is 12.8. The number of rotatable bonds is 3. The van der Waals surface area contributed by atoms with Crippen LogP contribution in [0.1, 0.15) is 13.8 Å². The summed E-state index contributed by atoms with van der Waals surface area (Å²) < 4.78 is 20.1. The summed E-state index contributed by atoms with van der Waals surface area (Å²) >= 11 is 3.46. The zero-order valence-corrected chi connectivity index (χ0v) is 15.3. The van der Waals surface area contributed by atoms with Gasteiger partial charge in [-0.05, 0) is 13.8 Å². The summed E-state index contributed by atoms with van der Waals surface area (Å²) in [6.45, 7) is 3.56. The molecule has 3 rings (SSSR count). The Morgan fingerprint density at radius 1 is 0.913 bits per heavy atom. The Bertz CT molecular complexity index is 782. The van der Waals surface area contributed by atoms with Crippen LogP contribution in [0.25, 0.3) is 0 Å². The van der Waals surface area contributed by atoms with E-state index >= 15 is 0 Å². The van der Waals surface area contributed by atoms with E-state index in [9.17, 15) is 9.36 Å². The lowest BCUT2D eigenvalue weighted by Gasteiger charge is -2.19. The van der Waals surface area contributed by atoms with E-state index in [1.54, 1.807) is 38.1 Å². The number of halogens is 1. The topological polar surface area (TPSA) is 43.4 Å². The van der Waals surface area contributed by atoms with Gasteiger partial charge in [0.15, 0.2) is 7.14 Å². The molecule has 23 heavy (non-hydrogen) atoms. The SMILES string of the molecule is CC1(C)OC(=O)C(P(=O)(c2ccccc2)c2ccccc2)=C1Br. The smallest absolute Gasteiger partial charge is 0.344 e. The third-order valence-corrected chi connectivity index (χ3v) is 8.58. The van der Waals surface area contributed by atoms with Crippen molar-refractivity contribution < 1.29 is 14.1 Å². The van der Waals surface area contributed by atoms with Crippen molar-refractivity contribution in [2.75, 3.05) is 0 Å². The molecule has 1 heterocycles. The van der Waals surface area contributed by atoms with Gasteiger partial charge in [0.2, 0.25) is 0 Å². The number of hydrogen-bond donors (Lipinski definition) is 0. The van der Waals surface area contributed by atoms with Gasteiger partial charge in [-0.15, -0.1) is 0 Å². The fourth-order valence-corrected chi connectivity index (χ4v) is 6.49. The number of cyclic esters (lactones) is 1. The van der Waals surface area contributed by atoms with Crippen molar-refractivity contribution in [3.63, 3.8) is 0 Å². The Balaban J connectivity index is 2.34. The average Bonchev–Trinajstić information content (AvgIpc) is 2.76. The van der Waals surface area contributed by atoms with Gasteiger partial charge in [0.25, 0.3) is 0 Å². The lowest BCUT2D eigenvalue weighted by molar-refractivity contribution is -0.143. The number of esters is 1. The summed E-state index contributed by atoms with van der Waals surface area (Å²) in [5.74, 6) is -0.530. The number of benzene rings is 2. The molecular formula is C18H16BrO3P. The highest BCUT2D eigenvalue weighted by Gasteiger charge is 2.48. The van der Waals surface area contributed by atoms with Crippen molar-refractivity contribution in [2.24, 2.45) is 0 Å². The largest absolute Gasteiger partial charge is 0.450 e. The lowest BCUT2D eigenvalue weighted by atomic mass is 10.1. The number of carbonyl (C=O) groups excluding carboxylic acids is 1. The summed E-state index contributed by atoms with van der Waals surface area (Å²) in [5, 5.41) is 1.46. The molecular weight excluding hydrogens is 375 g/mol. The first-order chi connectivity index (χ1) is 10.9. The highest BCUT2D eigenvalue weighted by Crippen LogP contribution is 2.58. The van der Waals surface area contributed by atoms with E-state index in [4.69, 9.17) is 4.74 Å². The Kier molecular flexibility index (Phi) is 4.07. The maximum atomic E-state index is 14.1. The second-order valence-electron chi connectivity index (χ2n) is 5.84. The Labute approximate surface area is 143 Å². The third kappa shape index (κ3) is 2.60. The minimum Gasteiger partial charge on any atom is -0.450 e. The number of carbonyl (C=O) groups is 1. The quantitative estimate of drug-likeness (QED) is 0.588. The van der Waals surface area contributed by atoms with Gasteiger partial charge in [-0.3, -0.25) is 0 Å². The standard InChI is InChI=1S/C18H16BrO3P/c1-18(2)16(19)15(17(20)22-18)23(21,13-9-5-3-6-10-13)14-11-7-4-8-12-14/h3-12H,1-2H3. The summed E-state index contributed by atoms with van der Waals surface area (Å²) in [5.41, 5.74) is -0.814. The van der Waals surface area contributed by atoms with Crippen LogP contribution in [0.2, 0.25) is 0 Å². The van der Waals surface area contributed by atoms with Gasteiger partial charge in [-0.1, -0.05) is 76.6 Å². The van der Waals surface area contributed by atoms with Crippen molar-refractivity contribution in [2.45, 2.75) is 19.4 Å². The molecule has 0 N–H and O–H groups in total. The summed E-state index contributed by atoms with van der Waals surface area (Å²) in [6.07, 6.45) is 0. The van der Waals surface area contributed by atoms with Crippen LogP contribution in [-0.2, 0) is 14.1 Å². The van der Waals surface area contributed by atoms with E-state index in [1.807, 2.05) is 36.4 Å². The summed E-state index contributed by atoms with van der Waals surface area (Å²) in [4.78, 5) is 12.5. The first-order valence-electron chi connectivity index (χ1n) is 7.23. The van der Waals surface area contributed by atoms with Crippen LogP contribution >= 0.6 is 23.1 Å².